The third kappa shape index (κ3) is 0.846. The molecule has 0 amide bonds. The van der Waals surface area contributed by atoms with Crippen LogP contribution < -0.4 is 5.69 Å². The predicted octanol–water partition coefficient (Wildman–Crippen LogP) is 0.374. The van der Waals surface area contributed by atoms with E-state index in [1.54, 1.807) is 12.4 Å². The third-order valence-electron chi connectivity index (χ3n) is 0.606. The monoisotopic (exact) mass is 210 g/mol. The number of hydrogen-bond acceptors (Lipinski definition) is 1. The lowest BCUT2D eigenvalue weighted by molar-refractivity contribution is 1.16. The van der Waals surface area contributed by atoms with Gasteiger partial charge >= 0.3 is 5.69 Å². The minimum Gasteiger partial charge on any atom is -0.312 e. The SMILES string of the molecule is O=c1[nH]ccn1I. The summed E-state index contributed by atoms with van der Waals surface area (Å²) in [5.41, 5.74) is -0.0828. The molecule has 1 aromatic rings. The van der Waals surface area contributed by atoms with Gasteiger partial charge in [0.15, 0.2) is 0 Å². The fourth-order valence-electron chi connectivity index (χ4n) is 0.303. The first-order chi connectivity index (χ1) is 3.30. The van der Waals surface area contributed by atoms with Gasteiger partial charge in [-0.25, -0.2) is 7.58 Å². The molecule has 0 spiro atoms. The first-order valence-corrected chi connectivity index (χ1v) is 2.69. The molecule has 1 N–H and O–H groups in total. The number of hydrogen-bond donors (Lipinski definition) is 1. The maximum absolute atomic E-state index is 10.3. The highest BCUT2D eigenvalue weighted by Crippen LogP contribution is 1.81. The summed E-state index contributed by atoms with van der Waals surface area (Å²) in [6.07, 6.45) is 3.25. The van der Waals surface area contributed by atoms with E-state index in [4.69, 9.17) is 0 Å². The Morgan fingerprint density at radius 2 is 2.57 bits per heavy atom. The first kappa shape index (κ1) is 4.89. The summed E-state index contributed by atoms with van der Waals surface area (Å²) >= 11 is 1.89. The van der Waals surface area contributed by atoms with Gasteiger partial charge in [0, 0.05) is 12.4 Å². The molecule has 1 rings (SSSR count). The van der Waals surface area contributed by atoms with Crippen molar-refractivity contribution >= 4 is 22.9 Å². The lowest BCUT2D eigenvalue weighted by Crippen LogP contribution is -2.06. The Labute approximate surface area is 53.8 Å². The fourth-order valence-corrected chi connectivity index (χ4v) is 0.603. The largest absolute Gasteiger partial charge is 0.334 e. The molecule has 1 heterocycles. The average molecular weight is 210 g/mol. The van der Waals surface area contributed by atoms with Crippen molar-refractivity contribution in [2.24, 2.45) is 0 Å². The lowest BCUT2D eigenvalue weighted by Gasteiger charge is -1.72. The molecule has 0 aliphatic carbocycles. The van der Waals surface area contributed by atoms with E-state index in [0.29, 0.717) is 0 Å². The molecule has 0 bridgehead atoms. The molecule has 38 valence electrons. The summed E-state index contributed by atoms with van der Waals surface area (Å²) in [4.78, 5) is 12.8. The van der Waals surface area contributed by atoms with Gasteiger partial charge in [0.05, 0.1) is 22.9 Å². The van der Waals surface area contributed by atoms with E-state index in [9.17, 15) is 4.79 Å². The van der Waals surface area contributed by atoms with Crippen molar-refractivity contribution in [1.82, 2.24) is 7.76 Å². The Morgan fingerprint density at radius 3 is 2.71 bits per heavy atom. The lowest BCUT2D eigenvalue weighted by atomic mass is 11.0. The quantitative estimate of drug-likeness (QED) is 0.617. The molecule has 4 heteroatoms. The fraction of sp³-hybridized carbons (Fsp3) is 0. The molecule has 0 aromatic carbocycles. The Kier molecular flexibility index (Phi) is 1.18. The first-order valence-electron chi connectivity index (χ1n) is 1.73. The molecule has 0 unspecified atom stereocenters. The molecule has 0 radical (unpaired) electrons. The second-order valence-corrected chi connectivity index (χ2v) is 2.12. The number of rotatable bonds is 0. The summed E-state index contributed by atoms with van der Waals surface area (Å²) < 4.78 is 1.44. The van der Waals surface area contributed by atoms with Crippen molar-refractivity contribution in [1.29, 1.82) is 0 Å². The van der Waals surface area contributed by atoms with Crippen LogP contribution >= 0.6 is 22.9 Å². The number of halogens is 1. The summed E-state index contributed by atoms with van der Waals surface area (Å²) in [5, 5.41) is 0. The number of H-pyrrole nitrogens is 1. The zero-order chi connectivity index (χ0) is 5.28. The van der Waals surface area contributed by atoms with Crippen LogP contribution in [0, 0.1) is 0 Å². The van der Waals surface area contributed by atoms with Gasteiger partial charge in [-0.3, -0.25) is 0 Å². The number of imidazole rings is 1. The van der Waals surface area contributed by atoms with Crippen LogP contribution in [0.2, 0.25) is 0 Å². The highest BCUT2D eigenvalue weighted by atomic mass is 127. The van der Waals surface area contributed by atoms with Crippen LogP contribution in [0.4, 0.5) is 0 Å². The molecule has 0 atom stereocenters. The van der Waals surface area contributed by atoms with Gasteiger partial charge in [-0.2, -0.15) is 0 Å². The predicted molar refractivity (Wildman–Crippen MR) is 34.5 cm³/mol. The minimum absolute atomic E-state index is 0.0828. The van der Waals surface area contributed by atoms with Gasteiger partial charge in [-0.15, -0.1) is 0 Å². The maximum Gasteiger partial charge on any atom is 0.334 e. The summed E-state index contributed by atoms with van der Waals surface area (Å²) in [6.45, 7) is 0. The Hall–Kier alpha value is -0.260. The zero-order valence-corrected chi connectivity index (χ0v) is 5.55. The van der Waals surface area contributed by atoms with Gasteiger partial charge in [-0.1, -0.05) is 0 Å². The molecule has 3 nitrogen and oxygen atoms in total. The Morgan fingerprint density at radius 1 is 1.86 bits per heavy atom. The molecule has 0 saturated carbocycles. The van der Waals surface area contributed by atoms with Crippen molar-refractivity contribution in [3.8, 4) is 0 Å². The summed E-state index contributed by atoms with van der Waals surface area (Å²) in [6, 6.07) is 0. The number of aromatic amines is 1. The standard InChI is InChI=1S/C3H3IN2O/c4-6-2-1-5-3(6)7/h1-2H,(H,5,7). The minimum atomic E-state index is -0.0828. The van der Waals surface area contributed by atoms with E-state index >= 15 is 0 Å². The molecule has 0 aliphatic rings. The van der Waals surface area contributed by atoms with Gasteiger partial charge in [-0.05, 0) is 0 Å². The maximum atomic E-state index is 10.3. The average Bonchev–Trinajstić information content (AvgIpc) is 1.91. The molecule has 7 heavy (non-hydrogen) atoms. The van der Waals surface area contributed by atoms with E-state index in [-0.39, 0.29) is 5.69 Å². The van der Waals surface area contributed by atoms with Gasteiger partial charge < -0.3 is 4.98 Å². The van der Waals surface area contributed by atoms with Gasteiger partial charge in [0.25, 0.3) is 0 Å². The highest BCUT2D eigenvalue weighted by molar-refractivity contribution is 14.1. The third-order valence-corrected chi connectivity index (χ3v) is 1.37. The highest BCUT2D eigenvalue weighted by Gasteiger charge is 1.83. The number of nitrogens with zero attached hydrogens (tertiary/aromatic N) is 1. The molecular weight excluding hydrogens is 207 g/mol. The van der Waals surface area contributed by atoms with E-state index in [2.05, 4.69) is 4.98 Å². The Balaban J connectivity index is 3.39. The van der Waals surface area contributed by atoms with Gasteiger partial charge in [0.2, 0.25) is 0 Å². The van der Waals surface area contributed by atoms with Crippen LogP contribution in [-0.2, 0) is 0 Å². The number of nitrogens with one attached hydrogen (secondary N) is 1. The van der Waals surface area contributed by atoms with E-state index < -0.39 is 0 Å². The molecule has 0 saturated heterocycles. The topological polar surface area (TPSA) is 37.8 Å². The van der Waals surface area contributed by atoms with Crippen molar-refractivity contribution in [3.05, 3.63) is 22.9 Å². The second-order valence-electron chi connectivity index (χ2n) is 1.08. The van der Waals surface area contributed by atoms with E-state index in [0.717, 1.165) is 0 Å². The normalized spacial score (nSPS) is 9.29. The molecule has 1 aromatic heterocycles. The van der Waals surface area contributed by atoms with Crippen LogP contribution in [0.25, 0.3) is 0 Å². The van der Waals surface area contributed by atoms with Crippen LogP contribution in [0.3, 0.4) is 0 Å². The molecule has 0 fully saturated rings. The van der Waals surface area contributed by atoms with Crippen molar-refractivity contribution in [2.45, 2.75) is 0 Å². The van der Waals surface area contributed by atoms with Crippen molar-refractivity contribution in [3.63, 3.8) is 0 Å². The summed E-state index contributed by atoms with van der Waals surface area (Å²) in [5.74, 6) is 0. The second kappa shape index (κ2) is 1.69. The Bertz CT molecular complexity index is 201. The van der Waals surface area contributed by atoms with E-state index in [1.807, 2.05) is 22.9 Å². The zero-order valence-electron chi connectivity index (χ0n) is 3.39. The van der Waals surface area contributed by atoms with Gasteiger partial charge in [0.1, 0.15) is 0 Å². The summed E-state index contributed by atoms with van der Waals surface area (Å²) in [7, 11) is 0. The van der Waals surface area contributed by atoms with Crippen LogP contribution in [-0.4, -0.2) is 7.76 Å². The van der Waals surface area contributed by atoms with Crippen LogP contribution in [0.15, 0.2) is 17.2 Å². The van der Waals surface area contributed by atoms with Crippen LogP contribution in [0.5, 0.6) is 0 Å². The molecular formula is C3H3IN2O. The molecule has 0 aliphatic heterocycles. The number of aromatic nitrogens is 2. The van der Waals surface area contributed by atoms with Crippen molar-refractivity contribution in [2.75, 3.05) is 0 Å². The van der Waals surface area contributed by atoms with E-state index in [1.165, 1.54) is 2.78 Å². The smallest absolute Gasteiger partial charge is 0.312 e. The van der Waals surface area contributed by atoms with Crippen LogP contribution in [0.1, 0.15) is 0 Å². The van der Waals surface area contributed by atoms with Crippen molar-refractivity contribution < 1.29 is 0 Å².